The topological polar surface area (TPSA) is 46.9 Å². The van der Waals surface area contributed by atoms with Gasteiger partial charge < -0.3 is 9.88 Å². The number of imidazole rings is 1. The molecule has 4 nitrogen and oxygen atoms in total. The van der Waals surface area contributed by atoms with Crippen LogP contribution in [0.2, 0.25) is 0 Å². The highest BCUT2D eigenvalue weighted by atomic mass is 32.2. The molecular formula is C15H19N3OS. The minimum Gasteiger partial charge on any atom is -0.325 e. The molecule has 1 aromatic heterocycles. The Kier molecular flexibility index (Phi) is 4.49. The quantitative estimate of drug-likeness (QED) is 0.940. The summed E-state index contributed by atoms with van der Waals surface area (Å²) in [5, 5.41) is 2.86. The Hall–Kier alpha value is -1.75. The smallest absolute Gasteiger partial charge is 0.237 e. The number of carbonyl (C=O) groups is 1. The molecule has 2 rings (SSSR count). The van der Waals surface area contributed by atoms with Crippen LogP contribution in [0, 0.1) is 13.8 Å². The first-order valence-electron chi connectivity index (χ1n) is 6.47. The van der Waals surface area contributed by atoms with Gasteiger partial charge in [0.25, 0.3) is 0 Å². The predicted octanol–water partition coefficient (Wildman–Crippen LogP) is 3.18. The van der Waals surface area contributed by atoms with Crippen LogP contribution in [0.15, 0.2) is 30.6 Å². The maximum absolute atomic E-state index is 11.8. The van der Waals surface area contributed by atoms with E-state index in [1.807, 2.05) is 62.2 Å². The fraction of sp³-hybridized carbons (Fsp3) is 0.333. The summed E-state index contributed by atoms with van der Waals surface area (Å²) in [6.45, 7) is 5.92. The zero-order chi connectivity index (χ0) is 14.7. The Morgan fingerprint density at radius 3 is 2.45 bits per heavy atom. The number of hydrogen-bond donors (Lipinski definition) is 1. The summed E-state index contributed by atoms with van der Waals surface area (Å²) in [4.78, 5) is 16.1. The summed E-state index contributed by atoms with van der Waals surface area (Å²) >= 11 is 1.53. The van der Waals surface area contributed by atoms with Crippen molar-refractivity contribution in [2.45, 2.75) is 26.0 Å². The number of rotatable bonds is 4. The first-order valence-corrected chi connectivity index (χ1v) is 7.76. The van der Waals surface area contributed by atoms with Crippen LogP contribution >= 0.6 is 11.8 Å². The van der Waals surface area contributed by atoms with Gasteiger partial charge in [-0.25, -0.2) is 4.98 Å². The lowest BCUT2D eigenvalue weighted by atomic mass is 10.2. The van der Waals surface area contributed by atoms with E-state index < -0.39 is 0 Å². The van der Waals surface area contributed by atoms with Gasteiger partial charge in [-0.3, -0.25) is 4.79 Å². The van der Waals surface area contributed by atoms with Gasteiger partial charge in [-0.2, -0.15) is 11.8 Å². The predicted molar refractivity (Wildman–Crippen MR) is 84.6 cm³/mol. The lowest BCUT2D eigenvalue weighted by Crippen LogP contribution is -2.21. The van der Waals surface area contributed by atoms with E-state index in [4.69, 9.17) is 0 Å². The van der Waals surface area contributed by atoms with Crippen LogP contribution in [0.1, 0.15) is 18.3 Å². The third-order valence-corrected chi connectivity index (χ3v) is 4.31. The number of amides is 1. The van der Waals surface area contributed by atoms with Gasteiger partial charge in [0.1, 0.15) is 0 Å². The van der Waals surface area contributed by atoms with Crippen molar-refractivity contribution in [1.82, 2.24) is 9.55 Å². The highest BCUT2D eigenvalue weighted by Crippen LogP contribution is 2.17. The van der Waals surface area contributed by atoms with E-state index in [-0.39, 0.29) is 11.2 Å². The molecular weight excluding hydrogens is 270 g/mol. The van der Waals surface area contributed by atoms with Crippen LogP contribution in [0.4, 0.5) is 5.69 Å². The van der Waals surface area contributed by atoms with Crippen LogP contribution in [0.5, 0.6) is 0 Å². The Balaban J connectivity index is 2.15. The standard InChI is InChI=1S/C15H19N3OS/c1-10-11(2)18(9-16-10)14-7-5-13(6-8-14)17-15(19)12(3)20-4/h5-9,12H,1-4H3,(H,17,19). The van der Waals surface area contributed by atoms with Gasteiger partial charge in [-0.05, 0) is 51.3 Å². The normalized spacial score (nSPS) is 12.2. The minimum atomic E-state index is -0.0479. The number of thioether (sulfide) groups is 1. The molecule has 0 fully saturated rings. The van der Waals surface area contributed by atoms with Gasteiger partial charge in [0.05, 0.1) is 17.3 Å². The molecule has 1 amide bonds. The summed E-state index contributed by atoms with van der Waals surface area (Å²) in [7, 11) is 0. The molecule has 0 aliphatic heterocycles. The first-order chi connectivity index (χ1) is 9.52. The van der Waals surface area contributed by atoms with Crippen molar-refractivity contribution in [2.75, 3.05) is 11.6 Å². The molecule has 5 heteroatoms. The maximum atomic E-state index is 11.8. The summed E-state index contributed by atoms with van der Waals surface area (Å²) in [5.41, 5.74) is 4.00. The van der Waals surface area contributed by atoms with Crippen molar-refractivity contribution in [1.29, 1.82) is 0 Å². The molecule has 0 spiro atoms. The lowest BCUT2D eigenvalue weighted by molar-refractivity contribution is -0.115. The molecule has 0 aliphatic carbocycles. The van der Waals surface area contributed by atoms with E-state index in [2.05, 4.69) is 10.3 Å². The zero-order valence-corrected chi connectivity index (χ0v) is 13.0. The van der Waals surface area contributed by atoms with Crippen molar-refractivity contribution < 1.29 is 4.79 Å². The Bertz CT molecular complexity index is 604. The Morgan fingerprint density at radius 1 is 1.30 bits per heavy atom. The van der Waals surface area contributed by atoms with E-state index >= 15 is 0 Å². The van der Waals surface area contributed by atoms with Crippen molar-refractivity contribution in [3.8, 4) is 5.69 Å². The van der Waals surface area contributed by atoms with Crippen LogP contribution < -0.4 is 5.32 Å². The summed E-state index contributed by atoms with van der Waals surface area (Å²) in [6.07, 6.45) is 3.74. The number of aryl methyl sites for hydroxylation is 1. The second kappa shape index (κ2) is 6.13. The molecule has 20 heavy (non-hydrogen) atoms. The molecule has 0 aliphatic rings. The summed E-state index contributed by atoms with van der Waals surface area (Å²) < 4.78 is 2.03. The van der Waals surface area contributed by atoms with Crippen molar-refractivity contribution in [2.24, 2.45) is 0 Å². The average molecular weight is 289 g/mol. The maximum Gasteiger partial charge on any atom is 0.237 e. The molecule has 2 aromatic rings. The van der Waals surface area contributed by atoms with Crippen LogP contribution in [0.25, 0.3) is 5.69 Å². The largest absolute Gasteiger partial charge is 0.325 e. The second-order valence-corrected chi connectivity index (χ2v) is 5.88. The van der Waals surface area contributed by atoms with Gasteiger partial charge in [0.15, 0.2) is 0 Å². The molecule has 1 aromatic carbocycles. The third-order valence-electron chi connectivity index (χ3n) is 3.39. The first kappa shape index (κ1) is 14.7. The van der Waals surface area contributed by atoms with Crippen molar-refractivity contribution >= 4 is 23.4 Å². The van der Waals surface area contributed by atoms with E-state index in [0.717, 1.165) is 22.8 Å². The fourth-order valence-electron chi connectivity index (χ4n) is 1.82. The van der Waals surface area contributed by atoms with E-state index in [1.54, 1.807) is 0 Å². The van der Waals surface area contributed by atoms with Gasteiger partial charge >= 0.3 is 0 Å². The van der Waals surface area contributed by atoms with E-state index in [9.17, 15) is 4.79 Å². The van der Waals surface area contributed by atoms with E-state index in [0.29, 0.717) is 0 Å². The highest BCUT2D eigenvalue weighted by Gasteiger charge is 2.11. The highest BCUT2D eigenvalue weighted by molar-refractivity contribution is 7.99. The SMILES string of the molecule is CSC(C)C(=O)Nc1ccc(-n2cnc(C)c2C)cc1. The van der Waals surface area contributed by atoms with E-state index in [1.165, 1.54) is 11.8 Å². The molecule has 0 bridgehead atoms. The Labute approximate surface area is 123 Å². The van der Waals surface area contributed by atoms with Gasteiger partial charge in [0, 0.05) is 17.1 Å². The molecule has 0 saturated heterocycles. The number of benzene rings is 1. The molecule has 0 radical (unpaired) electrons. The molecule has 1 atom stereocenters. The molecule has 1 N–H and O–H groups in total. The number of aromatic nitrogens is 2. The molecule has 1 heterocycles. The number of nitrogens with zero attached hydrogens (tertiary/aromatic N) is 2. The molecule has 0 saturated carbocycles. The van der Waals surface area contributed by atoms with Crippen molar-refractivity contribution in [3.05, 3.63) is 42.0 Å². The summed E-state index contributed by atoms with van der Waals surface area (Å²) in [6, 6.07) is 7.78. The van der Waals surface area contributed by atoms with Crippen LogP contribution in [-0.2, 0) is 4.79 Å². The van der Waals surface area contributed by atoms with Crippen molar-refractivity contribution in [3.63, 3.8) is 0 Å². The van der Waals surface area contributed by atoms with Crippen LogP contribution in [-0.4, -0.2) is 27.0 Å². The Morgan fingerprint density at radius 2 is 1.95 bits per heavy atom. The number of hydrogen-bond acceptors (Lipinski definition) is 3. The minimum absolute atomic E-state index is 0.0277. The zero-order valence-electron chi connectivity index (χ0n) is 12.2. The second-order valence-electron chi connectivity index (χ2n) is 4.70. The number of nitrogens with one attached hydrogen (secondary N) is 1. The number of carbonyl (C=O) groups excluding carboxylic acids is 1. The molecule has 106 valence electrons. The van der Waals surface area contributed by atoms with Crippen LogP contribution in [0.3, 0.4) is 0 Å². The third kappa shape index (κ3) is 3.04. The lowest BCUT2D eigenvalue weighted by Gasteiger charge is -2.11. The monoisotopic (exact) mass is 289 g/mol. The average Bonchev–Trinajstić information content (AvgIpc) is 2.79. The van der Waals surface area contributed by atoms with Gasteiger partial charge in [0.2, 0.25) is 5.91 Å². The van der Waals surface area contributed by atoms with Gasteiger partial charge in [-0.15, -0.1) is 0 Å². The number of anilines is 1. The van der Waals surface area contributed by atoms with Gasteiger partial charge in [-0.1, -0.05) is 0 Å². The fourth-order valence-corrected chi connectivity index (χ4v) is 2.09. The molecule has 1 unspecified atom stereocenters. The summed E-state index contributed by atoms with van der Waals surface area (Å²) in [5.74, 6) is 0.0277.